The van der Waals surface area contributed by atoms with Gasteiger partial charge in [0.15, 0.2) is 5.54 Å². The summed E-state index contributed by atoms with van der Waals surface area (Å²) in [6, 6.07) is 1.33. The molecule has 0 saturated heterocycles. The van der Waals surface area contributed by atoms with Crippen molar-refractivity contribution in [2.75, 3.05) is 0 Å². The van der Waals surface area contributed by atoms with Gasteiger partial charge >= 0.3 is 0 Å². The van der Waals surface area contributed by atoms with E-state index in [1.54, 1.807) is 0 Å². The van der Waals surface area contributed by atoms with Gasteiger partial charge in [0.25, 0.3) is 5.92 Å². The van der Waals surface area contributed by atoms with Crippen LogP contribution in [0, 0.1) is 11.3 Å². The predicted octanol–water partition coefficient (Wildman–Crippen LogP) is 0.246. The first-order valence-corrected chi connectivity index (χ1v) is 2.10. The van der Waals surface area contributed by atoms with E-state index in [0.29, 0.717) is 0 Å². The third kappa shape index (κ3) is 0.421. The molecule has 0 aromatic carbocycles. The summed E-state index contributed by atoms with van der Waals surface area (Å²) >= 11 is 0. The maximum absolute atomic E-state index is 11.8. The molecule has 0 heterocycles. The second kappa shape index (κ2) is 1.00. The Labute approximate surface area is 44.9 Å². The zero-order valence-corrected chi connectivity index (χ0v) is 3.99. The normalized spacial score (nSPS) is 40.8. The monoisotopic (exact) mass is 118 g/mol. The van der Waals surface area contributed by atoms with Crippen LogP contribution in [-0.4, -0.2) is 11.5 Å². The molecule has 8 heavy (non-hydrogen) atoms. The molecule has 0 radical (unpaired) electrons. The molecule has 1 aliphatic carbocycles. The van der Waals surface area contributed by atoms with Crippen LogP contribution in [0.15, 0.2) is 0 Å². The third-order valence-corrected chi connectivity index (χ3v) is 1.23. The molecule has 1 rings (SSSR count). The van der Waals surface area contributed by atoms with Gasteiger partial charge in [0.05, 0.1) is 12.5 Å². The summed E-state index contributed by atoms with van der Waals surface area (Å²) in [5.41, 5.74) is 2.97. The summed E-state index contributed by atoms with van der Waals surface area (Å²) in [6.07, 6.45) is -0.490. The first kappa shape index (κ1) is 5.45. The highest BCUT2D eigenvalue weighted by atomic mass is 19.3. The number of nitrogens with zero attached hydrogens (tertiary/aromatic N) is 1. The van der Waals surface area contributed by atoms with Crippen molar-refractivity contribution < 1.29 is 8.78 Å². The van der Waals surface area contributed by atoms with Crippen molar-refractivity contribution >= 4 is 0 Å². The fraction of sp³-hybridized carbons (Fsp3) is 0.750. The number of alkyl halides is 2. The summed E-state index contributed by atoms with van der Waals surface area (Å²) in [6.45, 7) is 0. The van der Waals surface area contributed by atoms with Gasteiger partial charge in [-0.1, -0.05) is 0 Å². The van der Waals surface area contributed by atoms with E-state index < -0.39 is 17.9 Å². The molecule has 1 atom stereocenters. The number of nitriles is 1. The molecule has 4 heteroatoms. The maximum atomic E-state index is 11.8. The number of nitrogens with two attached hydrogens (primary N) is 1. The van der Waals surface area contributed by atoms with E-state index in [-0.39, 0.29) is 0 Å². The summed E-state index contributed by atoms with van der Waals surface area (Å²) in [5.74, 6) is -2.93. The average Bonchev–Trinajstić information content (AvgIpc) is 2.10. The molecule has 0 aliphatic heterocycles. The minimum Gasteiger partial charge on any atom is -0.308 e. The Balaban J connectivity index is 2.72. The Bertz CT molecular complexity index is 160. The molecule has 0 amide bonds. The standard InChI is InChI=1S/C4H4F2N2/c5-4(6)1-3(4,8)2-7/h1,8H2. The maximum Gasteiger partial charge on any atom is 0.282 e. The van der Waals surface area contributed by atoms with Crippen molar-refractivity contribution in [2.24, 2.45) is 5.73 Å². The summed E-state index contributed by atoms with van der Waals surface area (Å²) < 4.78 is 23.7. The molecule has 44 valence electrons. The van der Waals surface area contributed by atoms with E-state index in [1.165, 1.54) is 6.07 Å². The van der Waals surface area contributed by atoms with Crippen LogP contribution in [-0.2, 0) is 0 Å². The zero-order valence-electron chi connectivity index (χ0n) is 3.99. The molecule has 0 bridgehead atoms. The van der Waals surface area contributed by atoms with Gasteiger partial charge in [-0.05, 0) is 0 Å². The summed E-state index contributed by atoms with van der Waals surface area (Å²) in [5, 5.41) is 7.95. The van der Waals surface area contributed by atoms with Crippen molar-refractivity contribution in [2.45, 2.75) is 17.9 Å². The van der Waals surface area contributed by atoms with Crippen molar-refractivity contribution in [3.63, 3.8) is 0 Å². The Morgan fingerprint density at radius 2 is 2.00 bits per heavy atom. The van der Waals surface area contributed by atoms with Crippen molar-refractivity contribution in [3.05, 3.63) is 0 Å². The van der Waals surface area contributed by atoms with Gasteiger partial charge in [-0.15, -0.1) is 0 Å². The van der Waals surface area contributed by atoms with Gasteiger partial charge in [-0.2, -0.15) is 5.26 Å². The molecule has 0 aromatic rings. The number of hydrogen-bond donors (Lipinski definition) is 1. The molecule has 1 aliphatic rings. The van der Waals surface area contributed by atoms with Gasteiger partial charge in [-0.25, -0.2) is 8.78 Å². The Hall–Kier alpha value is -0.690. The molecule has 2 N–H and O–H groups in total. The van der Waals surface area contributed by atoms with E-state index in [9.17, 15) is 8.78 Å². The van der Waals surface area contributed by atoms with E-state index in [2.05, 4.69) is 0 Å². The number of halogens is 2. The second-order valence-corrected chi connectivity index (χ2v) is 1.96. The lowest BCUT2D eigenvalue weighted by Gasteiger charge is -1.93. The van der Waals surface area contributed by atoms with Gasteiger partial charge in [0.2, 0.25) is 0 Å². The smallest absolute Gasteiger partial charge is 0.282 e. The van der Waals surface area contributed by atoms with Crippen LogP contribution in [0.25, 0.3) is 0 Å². The zero-order chi connectivity index (χ0) is 6.41. The van der Waals surface area contributed by atoms with Gasteiger partial charge < -0.3 is 5.73 Å². The summed E-state index contributed by atoms with van der Waals surface area (Å²) in [4.78, 5) is 0. The average molecular weight is 118 g/mol. The largest absolute Gasteiger partial charge is 0.308 e. The van der Waals surface area contributed by atoms with Crippen LogP contribution in [0.4, 0.5) is 8.78 Å². The molecular weight excluding hydrogens is 114 g/mol. The Morgan fingerprint density at radius 1 is 1.62 bits per heavy atom. The molecule has 1 unspecified atom stereocenters. The fourth-order valence-corrected chi connectivity index (χ4v) is 0.427. The van der Waals surface area contributed by atoms with Crippen LogP contribution >= 0.6 is 0 Å². The first-order valence-electron chi connectivity index (χ1n) is 2.10. The first-order chi connectivity index (χ1) is 3.52. The van der Waals surface area contributed by atoms with Crippen LogP contribution in [0.2, 0.25) is 0 Å². The minimum absolute atomic E-state index is 0.490. The van der Waals surface area contributed by atoms with E-state index in [1.807, 2.05) is 0 Å². The Kier molecular flexibility index (Phi) is 0.684. The molecule has 2 nitrogen and oxygen atoms in total. The summed E-state index contributed by atoms with van der Waals surface area (Å²) in [7, 11) is 0. The van der Waals surface area contributed by atoms with Crippen LogP contribution in [0.1, 0.15) is 6.42 Å². The molecule has 0 spiro atoms. The lowest BCUT2D eigenvalue weighted by atomic mass is 10.3. The highest BCUT2D eigenvalue weighted by Gasteiger charge is 2.70. The highest BCUT2D eigenvalue weighted by Crippen LogP contribution is 2.49. The van der Waals surface area contributed by atoms with Crippen molar-refractivity contribution in [3.8, 4) is 6.07 Å². The van der Waals surface area contributed by atoms with Crippen LogP contribution in [0.3, 0.4) is 0 Å². The second-order valence-electron chi connectivity index (χ2n) is 1.96. The van der Waals surface area contributed by atoms with E-state index >= 15 is 0 Å². The van der Waals surface area contributed by atoms with Crippen molar-refractivity contribution in [1.82, 2.24) is 0 Å². The SMILES string of the molecule is N#CC1(N)CC1(F)F. The van der Waals surface area contributed by atoms with Crippen LogP contribution < -0.4 is 5.73 Å². The fourth-order valence-electron chi connectivity index (χ4n) is 0.427. The molecular formula is C4H4F2N2. The topological polar surface area (TPSA) is 49.8 Å². The van der Waals surface area contributed by atoms with Gasteiger partial charge in [0, 0.05) is 0 Å². The quantitative estimate of drug-likeness (QED) is 0.495. The van der Waals surface area contributed by atoms with Gasteiger partial charge in [0.1, 0.15) is 0 Å². The third-order valence-electron chi connectivity index (χ3n) is 1.23. The highest BCUT2D eigenvalue weighted by molar-refractivity contribution is 5.28. The van der Waals surface area contributed by atoms with E-state index in [4.69, 9.17) is 11.0 Å². The van der Waals surface area contributed by atoms with Crippen molar-refractivity contribution in [1.29, 1.82) is 5.26 Å². The van der Waals surface area contributed by atoms with Crippen LogP contribution in [0.5, 0.6) is 0 Å². The number of hydrogen-bond acceptors (Lipinski definition) is 2. The Morgan fingerprint density at radius 3 is 2.00 bits per heavy atom. The number of rotatable bonds is 0. The minimum atomic E-state index is -2.93. The van der Waals surface area contributed by atoms with Gasteiger partial charge in [-0.3, -0.25) is 0 Å². The molecule has 0 aromatic heterocycles. The molecule has 1 saturated carbocycles. The molecule has 1 fully saturated rings. The van der Waals surface area contributed by atoms with E-state index in [0.717, 1.165) is 0 Å². The predicted molar refractivity (Wildman–Crippen MR) is 22.1 cm³/mol. The lowest BCUT2D eigenvalue weighted by molar-refractivity contribution is 0.101. The lowest BCUT2D eigenvalue weighted by Crippen LogP contribution is -2.27.